The van der Waals surface area contributed by atoms with Gasteiger partial charge in [0.15, 0.2) is 5.69 Å². The molecule has 2 aromatic carbocycles. The maximum Gasteiger partial charge on any atom is 0.389 e. The molecule has 0 saturated carbocycles. The van der Waals surface area contributed by atoms with Gasteiger partial charge in [-0.25, -0.2) is 13.6 Å². The minimum absolute atomic E-state index is 0.0471. The minimum atomic E-state index is -4.01. The standard InChI is InChI=1S/C26H43Cl2F2N.C16H22Cl2F3N.C3H3N3O2/c1-2-3-4-5-6-10-13-16-19-31-26-23(27)20-22(21-24(26)28)17-14-11-8-7-9-12-15-18-25(29)30;17-13-10-12(11-14(18)15(13)22)8-6-4-2-1-3-5-7-9-16(19,20)21;7-3(8)2-1-4-6-5-2/h20-21,25,31H,2-19H2,1H3;10-11H,1-9,22H2;1H,(H,7,8)(H,4,5,6). The number of aryl methyl sites for hydroxylation is 2. The molecule has 0 saturated heterocycles. The fourth-order valence-corrected chi connectivity index (χ4v) is 7.75. The molecule has 61 heavy (non-hydrogen) atoms. The van der Waals surface area contributed by atoms with Gasteiger partial charge in [0.25, 0.3) is 0 Å². The van der Waals surface area contributed by atoms with Gasteiger partial charge in [-0.3, -0.25) is 0 Å². The minimum Gasteiger partial charge on any atom is -0.476 e. The van der Waals surface area contributed by atoms with Gasteiger partial charge < -0.3 is 16.2 Å². The lowest BCUT2D eigenvalue weighted by atomic mass is 10.0. The molecule has 348 valence electrons. The number of aromatic nitrogens is 3. The van der Waals surface area contributed by atoms with Gasteiger partial charge in [0.2, 0.25) is 6.43 Å². The fourth-order valence-electron chi connectivity index (χ4n) is 6.55. The summed E-state index contributed by atoms with van der Waals surface area (Å²) in [6, 6.07) is 7.74. The van der Waals surface area contributed by atoms with Crippen LogP contribution in [0.15, 0.2) is 30.5 Å². The third-order valence-electron chi connectivity index (χ3n) is 10.0. The molecule has 0 bridgehead atoms. The van der Waals surface area contributed by atoms with Crippen molar-refractivity contribution < 1.29 is 31.9 Å². The zero-order valence-electron chi connectivity index (χ0n) is 35.8. The Morgan fingerprint density at radius 3 is 1.52 bits per heavy atom. The molecular formula is C45H68Cl4F5N5O2. The van der Waals surface area contributed by atoms with Crippen LogP contribution in [0.4, 0.5) is 33.3 Å². The maximum atomic E-state index is 12.1. The number of carboxylic acids is 1. The first-order valence-electron chi connectivity index (χ1n) is 22.0. The number of nitrogens with two attached hydrogens (primary N) is 1. The molecule has 0 aliphatic carbocycles. The first kappa shape index (κ1) is 56.5. The fraction of sp³-hybridized carbons (Fsp3) is 0.667. The predicted molar refractivity (Wildman–Crippen MR) is 245 cm³/mol. The molecule has 1 aromatic heterocycles. The van der Waals surface area contributed by atoms with Gasteiger partial charge >= 0.3 is 12.1 Å². The number of hydrogen-bond acceptors (Lipinski definition) is 5. The highest BCUT2D eigenvalue weighted by molar-refractivity contribution is 6.39. The first-order valence-corrected chi connectivity index (χ1v) is 23.5. The van der Waals surface area contributed by atoms with E-state index in [-0.39, 0.29) is 18.5 Å². The number of nitrogens with zero attached hydrogens (tertiary/aromatic N) is 2. The van der Waals surface area contributed by atoms with Gasteiger partial charge in [0, 0.05) is 19.4 Å². The summed E-state index contributed by atoms with van der Waals surface area (Å²) >= 11 is 24.9. The second-order valence-electron chi connectivity index (χ2n) is 15.5. The second kappa shape index (κ2) is 34.9. The number of anilines is 2. The van der Waals surface area contributed by atoms with E-state index in [1.807, 2.05) is 24.3 Å². The molecule has 0 aliphatic heterocycles. The first-order chi connectivity index (χ1) is 29.1. The number of H-pyrrole nitrogens is 1. The number of aromatic amines is 1. The molecule has 5 N–H and O–H groups in total. The van der Waals surface area contributed by atoms with E-state index in [1.165, 1.54) is 50.5 Å². The Morgan fingerprint density at radius 1 is 0.689 bits per heavy atom. The van der Waals surface area contributed by atoms with Gasteiger partial charge in [-0.05, 0) is 80.3 Å². The van der Waals surface area contributed by atoms with E-state index in [2.05, 4.69) is 27.7 Å². The molecule has 16 heteroatoms. The summed E-state index contributed by atoms with van der Waals surface area (Å²) in [6.07, 6.45) is 19.7. The van der Waals surface area contributed by atoms with Crippen LogP contribution in [0, 0.1) is 0 Å². The van der Waals surface area contributed by atoms with Crippen LogP contribution in [-0.2, 0) is 12.8 Å². The average Bonchev–Trinajstić information content (AvgIpc) is 3.75. The summed E-state index contributed by atoms with van der Waals surface area (Å²) in [7, 11) is 0. The van der Waals surface area contributed by atoms with Gasteiger partial charge in [-0.15, -0.1) is 5.10 Å². The highest BCUT2D eigenvalue weighted by atomic mass is 35.5. The van der Waals surface area contributed by atoms with Crippen molar-refractivity contribution in [2.24, 2.45) is 0 Å². The van der Waals surface area contributed by atoms with Crippen molar-refractivity contribution in [2.75, 3.05) is 17.6 Å². The van der Waals surface area contributed by atoms with E-state index in [4.69, 9.17) is 57.2 Å². The number of alkyl halides is 5. The van der Waals surface area contributed by atoms with Crippen LogP contribution in [-0.4, -0.2) is 45.6 Å². The number of hydrogen-bond donors (Lipinski definition) is 4. The van der Waals surface area contributed by atoms with E-state index in [0.717, 1.165) is 114 Å². The summed E-state index contributed by atoms with van der Waals surface area (Å²) in [5.74, 6) is -1.07. The average molecular weight is 948 g/mol. The lowest BCUT2D eigenvalue weighted by Crippen LogP contribution is -2.06. The predicted octanol–water partition coefficient (Wildman–Crippen LogP) is 16.8. The van der Waals surface area contributed by atoms with Crippen molar-refractivity contribution in [3.63, 3.8) is 0 Å². The van der Waals surface area contributed by atoms with E-state index in [9.17, 15) is 26.7 Å². The topological polar surface area (TPSA) is 117 Å². The van der Waals surface area contributed by atoms with Crippen LogP contribution < -0.4 is 11.1 Å². The second-order valence-corrected chi connectivity index (χ2v) is 17.1. The third-order valence-corrected chi connectivity index (χ3v) is 11.2. The van der Waals surface area contributed by atoms with E-state index >= 15 is 0 Å². The number of rotatable bonds is 30. The van der Waals surface area contributed by atoms with Crippen molar-refractivity contribution in [3.8, 4) is 0 Å². The summed E-state index contributed by atoms with van der Waals surface area (Å²) in [5.41, 5.74) is 9.13. The Bertz CT molecular complexity index is 1520. The van der Waals surface area contributed by atoms with E-state index < -0.39 is 25.0 Å². The molecule has 7 nitrogen and oxygen atoms in total. The van der Waals surface area contributed by atoms with Crippen molar-refractivity contribution in [3.05, 3.63) is 67.4 Å². The Morgan fingerprint density at radius 2 is 1.11 bits per heavy atom. The summed E-state index contributed by atoms with van der Waals surface area (Å²) < 4.78 is 60.0. The summed E-state index contributed by atoms with van der Waals surface area (Å²) in [4.78, 5) is 9.94. The molecule has 0 amide bonds. The quantitative estimate of drug-likeness (QED) is 0.0300. The van der Waals surface area contributed by atoms with Crippen molar-refractivity contribution in [2.45, 2.75) is 186 Å². The molecule has 0 spiro atoms. The smallest absolute Gasteiger partial charge is 0.389 e. The summed E-state index contributed by atoms with van der Waals surface area (Å²) in [6.45, 7) is 3.16. The number of carbonyl (C=O) groups is 1. The third kappa shape index (κ3) is 30.2. The molecule has 0 atom stereocenters. The van der Waals surface area contributed by atoms with Gasteiger partial charge in [0.05, 0.1) is 37.7 Å². The van der Waals surface area contributed by atoms with Crippen LogP contribution in [0.5, 0.6) is 0 Å². The van der Waals surface area contributed by atoms with E-state index in [0.29, 0.717) is 38.6 Å². The maximum absolute atomic E-state index is 12.1. The van der Waals surface area contributed by atoms with Crippen molar-refractivity contribution in [1.29, 1.82) is 0 Å². The highest BCUT2D eigenvalue weighted by Gasteiger charge is 2.25. The van der Waals surface area contributed by atoms with Crippen LogP contribution in [0.2, 0.25) is 20.1 Å². The van der Waals surface area contributed by atoms with Crippen LogP contribution in [0.1, 0.15) is 183 Å². The molecule has 0 fully saturated rings. The number of benzene rings is 2. The monoisotopic (exact) mass is 945 g/mol. The number of nitrogens with one attached hydrogen (secondary N) is 2. The number of halogens is 9. The van der Waals surface area contributed by atoms with Crippen molar-refractivity contribution >= 4 is 63.7 Å². The zero-order valence-corrected chi connectivity index (χ0v) is 38.8. The van der Waals surface area contributed by atoms with Crippen LogP contribution >= 0.6 is 46.4 Å². The zero-order chi connectivity index (χ0) is 45.3. The van der Waals surface area contributed by atoms with Gasteiger partial charge in [-0.2, -0.15) is 23.5 Å². The normalized spacial score (nSPS) is 11.3. The molecule has 0 unspecified atom stereocenters. The Kier molecular flexibility index (Phi) is 32.3. The number of unbranched alkanes of at least 4 members (excludes halogenated alkanes) is 19. The number of carboxylic acid groups (broad SMARTS) is 1. The molecule has 3 rings (SSSR count). The Hall–Kier alpha value is -2.54. The Labute approximate surface area is 380 Å². The molecule has 3 aromatic rings. The molecule has 0 radical (unpaired) electrons. The molecule has 1 heterocycles. The van der Waals surface area contributed by atoms with E-state index in [1.54, 1.807) is 0 Å². The lowest BCUT2D eigenvalue weighted by molar-refractivity contribution is -0.135. The Balaban J connectivity index is 0.000000533. The SMILES string of the molecule is CCCCCCCCCCNc1c(Cl)cc(CCCCCCCCCC(F)F)cc1Cl.Nc1c(Cl)cc(CCCCCCCCCC(F)(F)F)cc1Cl.O=C(O)c1cn[nH]n1. The number of nitrogen functional groups attached to an aromatic ring is 1. The van der Waals surface area contributed by atoms with Crippen LogP contribution in [0.25, 0.3) is 0 Å². The summed E-state index contributed by atoms with van der Waals surface area (Å²) in [5, 5.41) is 22.7. The van der Waals surface area contributed by atoms with Gasteiger partial charge in [0.1, 0.15) is 0 Å². The van der Waals surface area contributed by atoms with Gasteiger partial charge in [-0.1, -0.05) is 162 Å². The van der Waals surface area contributed by atoms with Crippen LogP contribution in [0.3, 0.4) is 0 Å². The highest BCUT2D eigenvalue weighted by Crippen LogP contribution is 2.33. The molecular weight excluding hydrogens is 879 g/mol. The lowest BCUT2D eigenvalue weighted by Gasteiger charge is -2.13. The molecule has 0 aliphatic rings. The van der Waals surface area contributed by atoms with Crippen molar-refractivity contribution in [1.82, 2.24) is 15.4 Å². The largest absolute Gasteiger partial charge is 0.476 e. The number of aromatic carboxylic acids is 1.